The van der Waals surface area contributed by atoms with Crippen LogP contribution >= 0.6 is 0 Å². The lowest BCUT2D eigenvalue weighted by Gasteiger charge is -2.08. The van der Waals surface area contributed by atoms with Gasteiger partial charge in [-0.15, -0.1) is 0 Å². The Morgan fingerprint density at radius 2 is 2.29 bits per heavy atom. The van der Waals surface area contributed by atoms with Crippen molar-refractivity contribution in [2.24, 2.45) is 0 Å². The maximum atomic E-state index is 10.9. The van der Waals surface area contributed by atoms with Gasteiger partial charge in [0.25, 0.3) is 10.1 Å². The summed E-state index contributed by atoms with van der Waals surface area (Å²) in [5, 5.41) is 0. The van der Waals surface area contributed by atoms with E-state index < -0.39 is 16.2 Å². The molecule has 14 heavy (non-hydrogen) atoms. The van der Waals surface area contributed by atoms with E-state index in [1.54, 1.807) is 24.4 Å². The van der Waals surface area contributed by atoms with Crippen molar-refractivity contribution in [1.29, 1.82) is 0 Å². The number of hydrogen-bond donors (Lipinski definition) is 0. The van der Waals surface area contributed by atoms with Gasteiger partial charge >= 0.3 is 0 Å². The average molecular weight is 211 g/mol. The summed E-state index contributed by atoms with van der Waals surface area (Å²) in [5.74, 6) is 0. The smallest absolute Gasteiger partial charge is 0.257 e. The third-order valence-corrected chi connectivity index (χ3v) is 2.43. The summed E-state index contributed by atoms with van der Waals surface area (Å²) in [6.45, 7) is 0. The normalized spacial score (nSPS) is 19.6. The van der Waals surface area contributed by atoms with Crippen molar-refractivity contribution in [1.82, 2.24) is 4.98 Å². The third kappa shape index (κ3) is 1.83. The van der Waals surface area contributed by atoms with Crippen LogP contribution in [0.1, 0.15) is 17.4 Å². The predicted molar refractivity (Wildman–Crippen MR) is 51.9 cm³/mol. The van der Waals surface area contributed by atoms with Crippen molar-refractivity contribution in [2.75, 3.05) is 6.26 Å². The average Bonchev–Trinajstić information content (AvgIpc) is 2.47. The molecule has 5 heteroatoms. The Kier molecular flexibility index (Phi) is 2.13. The minimum absolute atomic E-state index is 0.568. The van der Waals surface area contributed by atoms with Crippen molar-refractivity contribution in [2.45, 2.75) is 6.10 Å². The van der Waals surface area contributed by atoms with Gasteiger partial charge in [0.1, 0.15) is 6.10 Å². The van der Waals surface area contributed by atoms with Crippen molar-refractivity contribution in [3.05, 3.63) is 35.7 Å². The molecule has 0 N–H and O–H groups in total. The molecule has 2 rings (SSSR count). The van der Waals surface area contributed by atoms with Crippen molar-refractivity contribution >= 4 is 16.2 Å². The second kappa shape index (κ2) is 3.18. The zero-order valence-electron chi connectivity index (χ0n) is 7.54. The molecule has 1 aliphatic carbocycles. The van der Waals surface area contributed by atoms with Crippen LogP contribution in [-0.2, 0) is 14.3 Å². The summed E-state index contributed by atoms with van der Waals surface area (Å²) in [5.41, 5.74) is 1.55. The number of rotatable bonds is 2. The molecule has 1 aliphatic rings. The van der Waals surface area contributed by atoms with Crippen LogP contribution in [0.3, 0.4) is 0 Å². The fourth-order valence-electron chi connectivity index (χ4n) is 1.36. The summed E-state index contributed by atoms with van der Waals surface area (Å²) < 4.78 is 26.7. The molecule has 4 nitrogen and oxygen atoms in total. The van der Waals surface area contributed by atoms with E-state index in [0.29, 0.717) is 5.69 Å². The fraction of sp³-hybridized carbons (Fsp3) is 0.222. The summed E-state index contributed by atoms with van der Waals surface area (Å²) >= 11 is 0. The first-order valence-electron chi connectivity index (χ1n) is 4.08. The van der Waals surface area contributed by atoms with E-state index in [4.69, 9.17) is 4.18 Å². The van der Waals surface area contributed by atoms with Gasteiger partial charge in [-0.2, -0.15) is 8.42 Å². The van der Waals surface area contributed by atoms with E-state index in [0.717, 1.165) is 11.8 Å². The van der Waals surface area contributed by atoms with Crippen molar-refractivity contribution in [3.63, 3.8) is 0 Å². The van der Waals surface area contributed by atoms with Gasteiger partial charge in [-0.3, -0.25) is 9.17 Å². The van der Waals surface area contributed by atoms with Crippen LogP contribution in [0.5, 0.6) is 0 Å². The lowest BCUT2D eigenvalue weighted by atomic mass is 10.2. The first kappa shape index (κ1) is 9.36. The van der Waals surface area contributed by atoms with Gasteiger partial charge in [0, 0.05) is 6.20 Å². The van der Waals surface area contributed by atoms with Gasteiger partial charge in [-0.25, -0.2) is 0 Å². The van der Waals surface area contributed by atoms with Gasteiger partial charge < -0.3 is 0 Å². The zero-order valence-corrected chi connectivity index (χ0v) is 8.36. The van der Waals surface area contributed by atoms with E-state index in [1.807, 2.05) is 6.07 Å². The summed E-state index contributed by atoms with van der Waals surface area (Å²) in [4.78, 5) is 4.07. The van der Waals surface area contributed by atoms with Gasteiger partial charge in [-0.05, 0) is 17.7 Å². The first-order chi connectivity index (χ1) is 6.56. The lowest BCUT2D eigenvalue weighted by molar-refractivity contribution is 0.263. The number of fused-ring (bicyclic) bond motifs is 1. The minimum atomic E-state index is -3.44. The van der Waals surface area contributed by atoms with E-state index in [9.17, 15) is 8.42 Å². The van der Waals surface area contributed by atoms with E-state index in [1.165, 1.54) is 0 Å². The Morgan fingerprint density at radius 1 is 1.50 bits per heavy atom. The molecule has 0 saturated heterocycles. The van der Waals surface area contributed by atoms with Crippen LogP contribution in [-0.4, -0.2) is 19.7 Å². The number of pyridine rings is 1. The van der Waals surface area contributed by atoms with Crippen LogP contribution in [0.15, 0.2) is 24.4 Å². The van der Waals surface area contributed by atoms with Crippen LogP contribution < -0.4 is 0 Å². The largest absolute Gasteiger partial charge is 0.265 e. The quantitative estimate of drug-likeness (QED) is 0.688. The van der Waals surface area contributed by atoms with Crippen LogP contribution in [0.4, 0.5) is 0 Å². The van der Waals surface area contributed by atoms with Crippen LogP contribution in [0.2, 0.25) is 0 Å². The molecule has 74 valence electrons. The molecule has 0 bridgehead atoms. The van der Waals surface area contributed by atoms with Crippen LogP contribution in [0.25, 0.3) is 6.08 Å². The molecular formula is C9H9NO3S. The second-order valence-corrected chi connectivity index (χ2v) is 4.66. The molecule has 0 spiro atoms. The Bertz CT molecular complexity index is 479. The fourth-order valence-corrected chi connectivity index (χ4v) is 1.89. The Hall–Kier alpha value is -1.20. The highest BCUT2D eigenvalue weighted by Crippen LogP contribution is 2.29. The SMILES string of the molecule is CS(=O)(=O)OC1C=Cc2cccnc21. The Labute approximate surface area is 82.4 Å². The number of nitrogens with zero attached hydrogens (tertiary/aromatic N) is 1. The molecule has 0 amide bonds. The molecule has 0 fully saturated rings. The summed E-state index contributed by atoms with van der Waals surface area (Å²) in [7, 11) is -3.44. The zero-order chi connectivity index (χ0) is 10.2. The van der Waals surface area contributed by atoms with Gasteiger partial charge in [0.15, 0.2) is 0 Å². The lowest BCUT2D eigenvalue weighted by Crippen LogP contribution is -2.08. The molecule has 0 saturated carbocycles. The Morgan fingerprint density at radius 3 is 3.00 bits per heavy atom. The van der Waals surface area contributed by atoms with Crippen molar-refractivity contribution in [3.8, 4) is 0 Å². The number of aromatic nitrogens is 1. The molecule has 0 aromatic carbocycles. The molecule has 0 aliphatic heterocycles. The topological polar surface area (TPSA) is 56.3 Å². The standard InChI is InChI=1S/C9H9NO3S/c1-14(11,12)13-8-5-4-7-3-2-6-10-9(7)8/h2-6,8H,1H3. The molecule has 1 heterocycles. The summed E-state index contributed by atoms with van der Waals surface area (Å²) in [6, 6.07) is 3.66. The van der Waals surface area contributed by atoms with E-state index >= 15 is 0 Å². The number of hydrogen-bond acceptors (Lipinski definition) is 4. The second-order valence-electron chi connectivity index (χ2n) is 3.06. The van der Waals surface area contributed by atoms with Crippen molar-refractivity contribution < 1.29 is 12.6 Å². The predicted octanol–water partition coefficient (Wildman–Crippen LogP) is 1.13. The molecule has 0 radical (unpaired) electrons. The third-order valence-electron chi connectivity index (χ3n) is 1.87. The molecule has 1 atom stereocenters. The Balaban J connectivity index is 2.32. The van der Waals surface area contributed by atoms with Gasteiger partial charge in [-0.1, -0.05) is 12.1 Å². The highest BCUT2D eigenvalue weighted by molar-refractivity contribution is 7.86. The highest BCUT2D eigenvalue weighted by atomic mass is 32.2. The first-order valence-corrected chi connectivity index (χ1v) is 5.89. The van der Waals surface area contributed by atoms with Gasteiger partial charge in [0.2, 0.25) is 0 Å². The molecule has 1 aromatic heterocycles. The van der Waals surface area contributed by atoms with Crippen LogP contribution in [0, 0.1) is 0 Å². The van der Waals surface area contributed by atoms with E-state index in [-0.39, 0.29) is 0 Å². The van der Waals surface area contributed by atoms with Gasteiger partial charge in [0.05, 0.1) is 11.9 Å². The molecular weight excluding hydrogens is 202 g/mol. The monoisotopic (exact) mass is 211 g/mol. The minimum Gasteiger partial charge on any atom is -0.257 e. The van der Waals surface area contributed by atoms with E-state index in [2.05, 4.69) is 4.98 Å². The highest BCUT2D eigenvalue weighted by Gasteiger charge is 2.22. The maximum absolute atomic E-state index is 10.9. The summed E-state index contributed by atoms with van der Waals surface area (Å²) in [6.07, 6.45) is 5.56. The molecule has 1 unspecified atom stereocenters. The molecule has 1 aromatic rings. The maximum Gasteiger partial charge on any atom is 0.265 e.